The average molecular weight is 395 g/mol. The molecule has 1 unspecified atom stereocenters. The Morgan fingerprint density at radius 2 is 2.04 bits per heavy atom. The summed E-state index contributed by atoms with van der Waals surface area (Å²) in [6.45, 7) is 3.94. The highest BCUT2D eigenvalue weighted by atomic mass is 35.5. The molecule has 0 amide bonds. The Bertz CT molecular complexity index is 965. The maximum Gasteiger partial charge on any atom is 0.263 e. The number of hydrogen-bond donors (Lipinski definition) is 1. The first-order chi connectivity index (χ1) is 11.9. The third kappa shape index (κ3) is 3.62. The molecule has 0 radical (unpaired) electrons. The van der Waals surface area contributed by atoms with Gasteiger partial charge in [-0.3, -0.25) is 9.36 Å². The Kier molecular flexibility index (Phi) is 5.53. The van der Waals surface area contributed by atoms with Gasteiger partial charge in [-0.15, -0.1) is 11.3 Å². The zero-order chi connectivity index (χ0) is 18.1. The molecule has 1 N–H and O–H groups in total. The number of thiophene rings is 1. The molecule has 0 bridgehead atoms. The number of fused-ring (bicyclic) bond motifs is 1. The van der Waals surface area contributed by atoms with Crippen molar-refractivity contribution >= 4 is 44.9 Å². The molecule has 132 valence electrons. The van der Waals surface area contributed by atoms with Crippen LogP contribution in [0.4, 0.5) is 0 Å². The number of benzene rings is 1. The second-order valence-corrected chi connectivity index (χ2v) is 8.44. The Hall–Kier alpha value is -1.34. The van der Waals surface area contributed by atoms with E-state index in [1.54, 1.807) is 11.6 Å². The molecule has 0 saturated carbocycles. The Labute approximate surface area is 159 Å². The first-order valence-electron chi connectivity index (χ1n) is 7.94. The summed E-state index contributed by atoms with van der Waals surface area (Å²) in [7, 11) is 1.72. The molecule has 3 aromatic rings. The second-order valence-electron chi connectivity index (χ2n) is 6.19. The minimum Gasteiger partial charge on any atom is -0.392 e. The Morgan fingerprint density at radius 1 is 1.32 bits per heavy atom. The highest BCUT2D eigenvalue weighted by Gasteiger charge is 2.18. The molecule has 0 fully saturated rings. The first kappa shape index (κ1) is 18.5. The molecule has 0 aliphatic rings. The van der Waals surface area contributed by atoms with Gasteiger partial charge in [0.2, 0.25) is 0 Å². The summed E-state index contributed by atoms with van der Waals surface area (Å²) in [6.07, 6.45) is -0.431. The number of hydrogen-bond acceptors (Lipinski definition) is 5. The van der Waals surface area contributed by atoms with Crippen molar-refractivity contribution in [1.29, 1.82) is 0 Å². The van der Waals surface area contributed by atoms with Gasteiger partial charge in [0.25, 0.3) is 5.56 Å². The fourth-order valence-electron chi connectivity index (χ4n) is 2.41. The normalized spacial score (nSPS) is 12.9. The average Bonchev–Trinajstić information content (AvgIpc) is 3.00. The van der Waals surface area contributed by atoms with E-state index < -0.39 is 6.10 Å². The molecule has 4 nitrogen and oxygen atoms in total. The maximum absolute atomic E-state index is 12.9. The van der Waals surface area contributed by atoms with Crippen molar-refractivity contribution in [1.82, 2.24) is 9.55 Å². The predicted octanol–water partition coefficient (Wildman–Crippen LogP) is 4.42. The molecule has 0 aliphatic heterocycles. The molecule has 7 heteroatoms. The number of rotatable bonds is 5. The molecular formula is C18H19ClN2O2S2. The van der Waals surface area contributed by atoms with Crippen LogP contribution >= 0.6 is 34.7 Å². The molecule has 1 atom stereocenters. The molecule has 1 aromatic carbocycles. The monoisotopic (exact) mass is 394 g/mol. The van der Waals surface area contributed by atoms with E-state index in [-0.39, 0.29) is 11.5 Å². The van der Waals surface area contributed by atoms with Gasteiger partial charge in [-0.1, -0.05) is 55.4 Å². The first-order valence-corrected chi connectivity index (χ1v) is 10.2. The zero-order valence-electron chi connectivity index (χ0n) is 14.2. The van der Waals surface area contributed by atoms with E-state index in [1.165, 1.54) is 23.1 Å². The summed E-state index contributed by atoms with van der Waals surface area (Å²) in [5.41, 5.74) is 1.56. The van der Waals surface area contributed by atoms with E-state index in [1.807, 2.05) is 43.5 Å². The van der Waals surface area contributed by atoms with Crippen LogP contribution in [0.25, 0.3) is 21.3 Å². The van der Waals surface area contributed by atoms with Crippen molar-refractivity contribution in [3.05, 3.63) is 45.0 Å². The van der Waals surface area contributed by atoms with Crippen molar-refractivity contribution < 1.29 is 5.11 Å². The van der Waals surface area contributed by atoms with Gasteiger partial charge in [-0.2, -0.15) is 0 Å². The van der Waals surface area contributed by atoms with E-state index in [0.717, 1.165) is 11.1 Å². The lowest BCUT2D eigenvalue weighted by Crippen LogP contribution is -2.22. The van der Waals surface area contributed by atoms with Crippen LogP contribution in [-0.4, -0.2) is 26.5 Å². The van der Waals surface area contributed by atoms with Gasteiger partial charge in [-0.05, 0) is 12.0 Å². The van der Waals surface area contributed by atoms with E-state index in [2.05, 4.69) is 4.98 Å². The fraction of sp³-hybridized carbons (Fsp3) is 0.333. The standard InChI is InChI=1S/C18H19ClN2O2S2/c1-10(2)14(22)9-25-18-20-16-15(17(23)21(18)3)12(8-24-16)11-6-4-5-7-13(11)19/h4-8,10,14,22H,9H2,1-3H3. The van der Waals surface area contributed by atoms with Crippen molar-refractivity contribution in [2.24, 2.45) is 13.0 Å². The van der Waals surface area contributed by atoms with Crippen LogP contribution in [0.15, 0.2) is 39.6 Å². The topological polar surface area (TPSA) is 55.1 Å². The van der Waals surface area contributed by atoms with Crippen LogP contribution in [0.3, 0.4) is 0 Å². The van der Waals surface area contributed by atoms with E-state index in [9.17, 15) is 9.90 Å². The van der Waals surface area contributed by atoms with Crippen molar-refractivity contribution in [2.75, 3.05) is 5.75 Å². The summed E-state index contributed by atoms with van der Waals surface area (Å²) >= 11 is 9.14. The lowest BCUT2D eigenvalue weighted by Gasteiger charge is -2.14. The maximum atomic E-state index is 12.9. The lowest BCUT2D eigenvalue weighted by molar-refractivity contribution is 0.149. The van der Waals surface area contributed by atoms with Gasteiger partial charge in [0.1, 0.15) is 4.83 Å². The third-order valence-corrected chi connectivity index (χ3v) is 6.42. The minimum atomic E-state index is -0.431. The summed E-state index contributed by atoms with van der Waals surface area (Å²) in [6, 6.07) is 7.49. The van der Waals surface area contributed by atoms with Crippen LogP contribution in [0.5, 0.6) is 0 Å². The predicted molar refractivity (Wildman–Crippen MR) is 107 cm³/mol. The lowest BCUT2D eigenvalue weighted by atomic mass is 10.1. The molecule has 0 saturated heterocycles. The number of halogens is 1. The molecule has 0 aliphatic carbocycles. The van der Waals surface area contributed by atoms with Crippen LogP contribution in [0.2, 0.25) is 5.02 Å². The molecule has 0 spiro atoms. The van der Waals surface area contributed by atoms with Gasteiger partial charge >= 0.3 is 0 Å². The van der Waals surface area contributed by atoms with Gasteiger partial charge in [0, 0.05) is 34.3 Å². The van der Waals surface area contributed by atoms with E-state index >= 15 is 0 Å². The molecule has 2 heterocycles. The van der Waals surface area contributed by atoms with Crippen molar-refractivity contribution in [2.45, 2.75) is 25.1 Å². The highest BCUT2D eigenvalue weighted by molar-refractivity contribution is 7.99. The summed E-state index contributed by atoms with van der Waals surface area (Å²) in [5, 5.41) is 13.7. The Balaban J connectivity index is 2.05. The number of aliphatic hydroxyl groups excluding tert-OH is 1. The highest BCUT2D eigenvalue weighted by Crippen LogP contribution is 2.35. The fourth-order valence-corrected chi connectivity index (χ4v) is 4.77. The van der Waals surface area contributed by atoms with Gasteiger partial charge in [-0.25, -0.2) is 4.98 Å². The van der Waals surface area contributed by atoms with Gasteiger partial charge in [0.05, 0.1) is 11.5 Å². The molecule has 2 aromatic heterocycles. The number of aliphatic hydroxyl groups is 1. The van der Waals surface area contributed by atoms with Crippen LogP contribution in [-0.2, 0) is 7.05 Å². The van der Waals surface area contributed by atoms with Gasteiger partial charge < -0.3 is 5.11 Å². The van der Waals surface area contributed by atoms with Crippen molar-refractivity contribution in [3.63, 3.8) is 0 Å². The van der Waals surface area contributed by atoms with E-state index in [4.69, 9.17) is 11.6 Å². The zero-order valence-corrected chi connectivity index (χ0v) is 16.6. The minimum absolute atomic E-state index is 0.0947. The van der Waals surface area contributed by atoms with Crippen LogP contribution in [0.1, 0.15) is 13.8 Å². The summed E-state index contributed by atoms with van der Waals surface area (Å²) in [4.78, 5) is 18.2. The van der Waals surface area contributed by atoms with E-state index in [0.29, 0.717) is 26.1 Å². The van der Waals surface area contributed by atoms with Crippen molar-refractivity contribution in [3.8, 4) is 11.1 Å². The van der Waals surface area contributed by atoms with Gasteiger partial charge in [0.15, 0.2) is 5.16 Å². The Morgan fingerprint density at radius 3 is 2.72 bits per heavy atom. The molecular weight excluding hydrogens is 376 g/mol. The molecule has 3 rings (SSSR count). The smallest absolute Gasteiger partial charge is 0.263 e. The van der Waals surface area contributed by atoms with Crippen LogP contribution in [0, 0.1) is 5.92 Å². The van der Waals surface area contributed by atoms with Crippen LogP contribution < -0.4 is 5.56 Å². The number of thioether (sulfide) groups is 1. The summed E-state index contributed by atoms with van der Waals surface area (Å²) in [5.74, 6) is 0.675. The summed E-state index contributed by atoms with van der Waals surface area (Å²) < 4.78 is 1.55. The SMILES string of the molecule is CC(C)C(O)CSc1nc2scc(-c3ccccc3Cl)c2c(=O)n1C. The second kappa shape index (κ2) is 7.50. The largest absolute Gasteiger partial charge is 0.392 e. The quantitative estimate of drug-likeness (QED) is 0.514. The number of aromatic nitrogens is 2. The third-order valence-electron chi connectivity index (χ3n) is 4.09. The molecule has 25 heavy (non-hydrogen) atoms. The number of nitrogens with zero attached hydrogens (tertiary/aromatic N) is 2.